The van der Waals surface area contributed by atoms with Crippen LogP contribution >= 0.6 is 0 Å². The molecule has 1 amide bonds. The maximum atomic E-state index is 12.5. The number of carbonyl (C=O) groups is 2. The summed E-state index contributed by atoms with van der Waals surface area (Å²) < 4.78 is 4.74. The molecular weight excluding hydrogens is 356 g/mol. The van der Waals surface area contributed by atoms with Crippen LogP contribution in [0.25, 0.3) is 0 Å². The highest BCUT2D eigenvalue weighted by atomic mass is 16.5. The molecule has 0 saturated carbocycles. The highest BCUT2D eigenvalue weighted by Crippen LogP contribution is 2.22. The van der Waals surface area contributed by atoms with Crippen molar-refractivity contribution < 1.29 is 14.3 Å². The Hall–Kier alpha value is -3.74. The number of ether oxygens (including phenoxy) is 1. The van der Waals surface area contributed by atoms with E-state index < -0.39 is 11.9 Å². The molecule has 1 N–H and O–H groups in total. The largest absolute Gasteiger partial charge is 0.465 e. The van der Waals surface area contributed by atoms with Crippen LogP contribution in [0, 0.1) is 0 Å². The van der Waals surface area contributed by atoms with Crippen LogP contribution in [-0.2, 0) is 4.74 Å². The molecule has 3 rings (SSSR count). The zero-order valence-corrected chi connectivity index (χ0v) is 15.6. The molecule has 1 aromatic heterocycles. The van der Waals surface area contributed by atoms with Gasteiger partial charge in [-0.3, -0.25) is 4.79 Å². The Morgan fingerprint density at radius 3 is 2.36 bits per heavy atom. The number of aromatic nitrogens is 2. The van der Waals surface area contributed by atoms with Gasteiger partial charge >= 0.3 is 5.97 Å². The predicted molar refractivity (Wildman–Crippen MR) is 107 cm³/mol. The van der Waals surface area contributed by atoms with Crippen LogP contribution in [0.2, 0.25) is 0 Å². The van der Waals surface area contributed by atoms with Crippen LogP contribution in [0.3, 0.4) is 0 Å². The van der Waals surface area contributed by atoms with Crippen molar-refractivity contribution in [2.24, 2.45) is 0 Å². The average Bonchev–Trinajstić information content (AvgIpc) is 2.75. The summed E-state index contributed by atoms with van der Waals surface area (Å²) in [5.74, 6) is -0.350. The summed E-state index contributed by atoms with van der Waals surface area (Å²) in [5.41, 5.74) is 1.75. The molecule has 0 bridgehead atoms. The fraction of sp³-hybridized carbons (Fsp3) is 0.143. The minimum absolute atomic E-state index is 0.146. The van der Waals surface area contributed by atoms with E-state index in [0.29, 0.717) is 18.1 Å². The molecule has 7 nitrogen and oxygen atoms in total. The third-order valence-electron chi connectivity index (χ3n) is 4.11. The smallest absolute Gasteiger partial charge is 0.339 e. The first-order chi connectivity index (χ1) is 13.6. The highest BCUT2D eigenvalue weighted by molar-refractivity contribution is 6.06. The lowest BCUT2D eigenvalue weighted by atomic mass is 10.1. The average molecular weight is 376 g/mol. The number of methoxy groups -OCH3 is 1. The van der Waals surface area contributed by atoms with Crippen LogP contribution in [-0.4, -0.2) is 35.5 Å². The minimum Gasteiger partial charge on any atom is -0.465 e. The van der Waals surface area contributed by atoms with Gasteiger partial charge in [-0.15, -0.1) is 0 Å². The van der Waals surface area contributed by atoms with Crippen molar-refractivity contribution in [2.75, 3.05) is 23.9 Å². The Labute approximate surface area is 163 Å². The van der Waals surface area contributed by atoms with Crippen molar-refractivity contribution in [1.82, 2.24) is 9.97 Å². The normalized spacial score (nSPS) is 10.2. The van der Waals surface area contributed by atoms with Gasteiger partial charge in [0.1, 0.15) is 5.69 Å². The summed E-state index contributed by atoms with van der Waals surface area (Å²) in [4.78, 5) is 34.9. The number of anilines is 3. The van der Waals surface area contributed by atoms with Gasteiger partial charge in [0, 0.05) is 12.2 Å². The van der Waals surface area contributed by atoms with Crippen molar-refractivity contribution in [3.63, 3.8) is 0 Å². The maximum Gasteiger partial charge on any atom is 0.339 e. The first kappa shape index (κ1) is 19.0. The monoisotopic (exact) mass is 376 g/mol. The summed E-state index contributed by atoms with van der Waals surface area (Å²) in [6.45, 7) is 2.72. The fourth-order valence-electron chi connectivity index (χ4n) is 2.73. The van der Waals surface area contributed by atoms with E-state index in [4.69, 9.17) is 4.74 Å². The number of rotatable bonds is 6. The van der Waals surface area contributed by atoms with Gasteiger partial charge in [-0.05, 0) is 31.2 Å². The lowest BCUT2D eigenvalue weighted by Gasteiger charge is -2.21. The Kier molecular flexibility index (Phi) is 5.96. The summed E-state index contributed by atoms with van der Waals surface area (Å²) in [6, 6.07) is 16.4. The molecule has 0 spiro atoms. The van der Waals surface area contributed by atoms with Crippen molar-refractivity contribution in [3.05, 3.63) is 78.2 Å². The number of esters is 1. The van der Waals surface area contributed by atoms with Crippen LogP contribution in [0.5, 0.6) is 0 Å². The summed E-state index contributed by atoms with van der Waals surface area (Å²) in [5, 5.41) is 2.68. The zero-order valence-electron chi connectivity index (χ0n) is 15.6. The molecule has 0 aliphatic heterocycles. The van der Waals surface area contributed by atoms with E-state index in [1.54, 1.807) is 30.5 Å². The van der Waals surface area contributed by atoms with E-state index in [1.807, 2.05) is 42.2 Å². The standard InChI is InChI=1S/C21H20N4O3/c1-3-25(15-9-5-4-6-10-15)19-14-22-18(13-23-19)20(26)24-17-12-8-7-11-16(17)21(27)28-2/h4-14H,3H2,1-2H3,(H,24,26). The number of hydrogen-bond acceptors (Lipinski definition) is 6. The van der Waals surface area contributed by atoms with Crippen LogP contribution in [0.15, 0.2) is 67.0 Å². The van der Waals surface area contributed by atoms with E-state index in [0.717, 1.165) is 5.69 Å². The van der Waals surface area contributed by atoms with Gasteiger partial charge in [0.25, 0.3) is 5.91 Å². The Morgan fingerprint density at radius 1 is 1.00 bits per heavy atom. The molecule has 0 aliphatic carbocycles. The van der Waals surface area contributed by atoms with Crippen molar-refractivity contribution in [1.29, 1.82) is 0 Å². The van der Waals surface area contributed by atoms with Gasteiger partial charge in [-0.2, -0.15) is 0 Å². The summed E-state index contributed by atoms with van der Waals surface area (Å²) in [7, 11) is 1.29. The van der Waals surface area contributed by atoms with Gasteiger partial charge in [0.15, 0.2) is 5.82 Å². The number of hydrogen-bond donors (Lipinski definition) is 1. The van der Waals surface area contributed by atoms with E-state index >= 15 is 0 Å². The van der Waals surface area contributed by atoms with Crippen molar-refractivity contribution in [3.8, 4) is 0 Å². The number of nitrogens with zero attached hydrogens (tertiary/aromatic N) is 3. The molecule has 0 radical (unpaired) electrons. The molecule has 2 aromatic carbocycles. The Bertz CT molecular complexity index is 959. The quantitative estimate of drug-likeness (QED) is 0.661. The molecule has 0 saturated heterocycles. The molecule has 28 heavy (non-hydrogen) atoms. The van der Waals surface area contributed by atoms with E-state index in [2.05, 4.69) is 15.3 Å². The molecule has 3 aromatic rings. The summed E-state index contributed by atoms with van der Waals surface area (Å²) in [6.07, 6.45) is 2.97. The van der Waals surface area contributed by atoms with Crippen molar-refractivity contribution >= 4 is 29.1 Å². The second-order valence-electron chi connectivity index (χ2n) is 5.83. The van der Waals surface area contributed by atoms with Gasteiger partial charge in [-0.1, -0.05) is 30.3 Å². The molecular formula is C21H20N4O3. The topological polar surface area (TPSA) is 84.4 Å². The first-order valence-electron chi connectivity index (χ1n) is 8.77. The molecule has 0 unspecified atom stereocenters. The molecule has 0 fully saturated rings. The third kappa shape index (κ3) is 4.15. The number of nitrogens with one attached hydrogen (secondary N) is 1. The van der Waals surface area contributed by atoms with Gasteiger partial charge in [-0.25, -0.2) is 14.8 Å². The van der Waals surface area contributed by atoms with Gasteiger partial charge < -0.3 is 15.0 Å². The van der Waals surface area contributed by atoms with Crippen LogP contribution < -0.4 is 10.2 Å². The number of benzene rings is 2. The summed E-state index contributed by atoms with van der Waals surface area (Å²) >= 11 is 0. The van der Waals surface area contributed by atoms with Crippen LogP contribution in [0.4, 0.5) is 17.2 Å². The zero-order chi connectivity index (χ0) is 19.9. The second kappa shape index (κ2) is 8.77. The number of para-hydroxylation sites is 2. The van der Waals surface area contributed by atoms with Gasteiger partial charge in [0.05, 0.1) is 30.8 Å². The lowest BCUT2D eigenvalue weighted by Crippen LogP contribution is -2.20. The molecule has 1 heterocycles. The molecule has 142 valence electrons. The van der Waals surface area contributed by atoms with E-state index in [1.165, 1.54) is 13.3 Å². The van der Waals surface area contributed by atoms with Crippen molar-refractivity contribution in [2.45, 2.75) is 6.92 Å². The molecule has 0 aliphatic rings. The SMILES string of the molecule is CCN(c1ccccc1)c1cnc(C(=O)Nc2ccccc2C(=O)OC)cn1. The van der Waals surface area contributed by atoms with Gasteiger partial charge in [0.2, 0.25) is 0 Å². The number of amides is 1. The van der Waals surface area contributed by atoms with E-state index in [-0.39, 0.29) is 11.3 Å². The Balaban J connectivity index is 1.79. The highest BCUT2D eigenvalue weighted by Gasteiger charge is 2.16. The fourth-order valence-corrected chi connectivity index (χ4v) is 2.73. The minimum atomic E-state index is -0.529. The molecule has 7 heteroatoms. The maximum absolute atomic E-state index is 12.5. The van der Waals surface area contributed by atoms with E-state index in [9.17, 15) is 9.59 Å². The van der Waals surface area contributed by atoms with Crippen LogP contribution in [0.1, 0.15) is 27.8 Å². The number of carbonyl (C=O) groups excluding carboxylic acids is 2. The Morgan fingerprint density at radius 2 is 1.71 bits per heavy atom. The molecule has 0 atom stereocenters. The first-order valence-corrected chi connectivity index (χ1v) is 8.77. The predicted octanol–water partition coefficient (Wildman–Crippen LogP) is 3.67. The second-order valence-corrected chi connectivity index (χ2v) is 5.83. The third-order valence-corrected chi connectivity index (χ3v) is 4.11. The lowest BCUT2D eigenvalue weighted by molar-refractivity contribution is 0.0602.